The molecule has 7 nitrogen and oxygen atoms in total. The van der Waals surface area contributed by atoms with Gasteiger partial charge >= 0.3 is 6.09 Å². The second kappa shape index (κ2) is 8.77. The first-order valence-corrected chi connectivity index (χ1v) is 8.97. The molecule has 0 spiro atoms. The van der Waals surface area contributed by atoms with Gasteiger partial charge in [0.1, 0.15) is 17.8 Å². The molecule has 0 saturated carbocycles. The molecule has 1 aromatic heterocycles. The van der Waals surface area contributed by atoms with Crippen LogP contribution < -0.4 is 10.6 Å². The quantitative estimate of drug-likeness (QED) is 0.702. The molecule has 0 fully saturated rings. The predicted molar refractivity (Wildman–Crippen MR) is 105 cm³/mol. The van der Waals surface area contributed by atoms with Gasteiger partial charge in [-0.2, -0.15) is 0 Å². The molecule has 0 aliphatic carbocycles. The van der Waals surface area contributed by atoms with Crippen LogP contribution >= 0.6 is 15.9 Å². The van der Waals surface area contributed by atoms with Gasteiger partial charge < -0.3 is 15.4 Å². The highest BCUT2D eigenvalue weighted by atomic mass is 79.9. The Hall–Kier alpha value is -2.74. The first kappa shape index (κ1) is 20.6. The van der Waals surface area contributed by atoms with E-state index in [1.54, 1.807) is 57.2 Å². The molecule has 2 aromatic rings. The topological polar surface area (TPSA) is 97.4 Å². The summed E-state index contributed by atoms with van der Waals surface area (Å²) in [6.45, 7) is 4.89. The normalized spacial score (nSPS) is 10.8. The largest absolute Gasteiger partial charge is 0.444 e. The van der Waals surface area contributed by atoms with Gasteiger partial charge in [0.25, 0.3) is 0 Å². The number of carbonyl (C=O) groups is 3. The van der Waals surface area contributed by atoms with Crippen molar-refractivity contribution in [2.45, 2.75) is 26.4 Å². The third-order valence-electron chi connectivity index (χ3n) is 3.19. The molecule has 1 heterocycles. The minimum absolute atomic E-state index is 0.262. The van der Waals surface area contributed by atoms with Gasteiger partial charge in [0.05, 0.1) is 5.69 Å². The zero-order valence-corrected chi connectivity index (χ0v) is 16.8. The standard InChI is InChI=1S/C19H20BrN3O4/c1-19(2,3)27-18(26)22-11-16(24)23-14-8-7-12(20)10-13(14)17(25)15-6-4-5-9-21-15/h4-10H,11H2,1-3H3,(H,22,26)(H,23,24). The lowest BCUT2D eigenvalue weighted by molar-refractivity contribution is -0.115. The van der Waals surface area contributed by atoms with E-state index in [9.17, 15) is 14.4 Å². The number of halogens is 1. The Morgan fingerprint density at radius 3 is 2.52 bits per heavy atom. The molecule has 0 radical (unpaired) electrons. The summed E-state index contributed by atoms with van der Waals surface area (Å²) in [7, 11) is 0. The molecule has 0 aliphatic heterocycles. The van der Waals surface area contributed by atoms with E-state index < -0.39 is 17.6 Å². The van der Waals surface area contributed by atoms with Crippen molar-refractivity contribution in [1.82, 2.24) is 10.3 Å². The number of ketones is 1. The van der Waals surface area contributed by atoms with Gasteiger partial charge in [-0.1, -0.05) is 22.0 Å². The SMILES string of the molecule is CC(C)(C)OC(=O)NCC(=O)Nc1ccc(Br)cc1C(=O)c1ccccn1. The average Bonchev–Trinajstić information content (AvgIpc) is 2.60. The summed E-state index contributed by atoms with van der Waals surface area (Å²) < 4.78 is 5.76. The van der Waals surface area contributed by atoms with Crippen LogP contribution in [0.3, 0.4) is 0 Å². The first-order valence-electron chi connectivity index (χ1n) is 8.18. The molecule has 0 unspecified atom stereocenters. The molecule has 0 atom stereocenters. The number of hydrogen-bond donors (Lipinski definition) is 2. The number of aromatic nitrogens is 1. The number of nitrogens with zero attached hydrogens (tertiary/aromatic N) is 1. The number of hydrogen-bond acceptors (Lipinski definition) is 5. The van der Waals surface area contributed by atoms with Gasteiger partial charge in [-0.3, -0.25) is 14.6 Å². The average molecular weight is 434 g/mol. The van der Waals surface area contributed by atoms with Crippen LogP contribution in [0.4, 0.5) is 10.5 Å². The monoisotopic (exact) mass is 433 g/mol. The molecule has 2 amide bonds. The zero-order valence-electron chi connectivity index (χ0n) is 15.2. The summed E-state index contributed by atoms with van der Waals surface area (Å²) in [4.78, 5) is 40.5. The molecule has 0 bridgehead atoms. The number of pyridine rings is 1. The van der Waals surface area contributed by atoms with Crippen molar-refractivity contribution >= 4 is 39.4 Å². The lowest BCUT2D eigenvalue weighted by Gasteiger charge is -2.19. The number of alkyl carbamates (subject to hydrolysis) is 1. The van der Waals surface area contributed by atoms with E-state index in [0.717, 1.165) is 0 Å². The smallest absolute Gasteiger partial charge is 0.408 e. The molecular weight excluding hydrogens is 414 g/mol. The Kier molecular flexibility index (Phi) is 6.68. The van der Waals surface area contributed by atoms with E-state index in [1.165, 1.54) is 6.20 Å². The Labute approximate surface area is 165 Å². The molecular formula is C19H20BrN3O4. The summed E-state index contributed by atoms with van der Waals surface area (Å²) in [5, 5.41) is 5.00. The predicted octanol–water partition coefficient (Wildman–Crippen LogP) is 3.54. The molecule has 142 valence electrons. The third-order valence-corrected chi connectivity index (χ3v) is 3.68. The first-order chi connectivity index (χ1) is 12.7. The van der Waals surface area contributed by atoms with E-state index in [1.807, 2.05) is 0 Å². The molecule has 0 saturated heterocycles. The van der Waals surface area contributed by atoms with Crippen LogP contribution in [0.15, 0.2) is 47.1 Å². The number of nitrogens with one attached hydrogen (secondary N) is 2. The minimum atomic E-state index is -0.696. The molecule has 27 heavy (non-hydrogen) atoms. The van der Waals surface area contributed by atoms with E-state index in [-0.39, 0.29) is 23.6 Å². The van der Waals surface area contributed by atoms with Crippen molar-refractivity contribution < 1.29 is 19.1 Å². The summed E-state index contributed by atoms with van der Waals surface area (Å²) in [6.07, 6.45) is 0.826. The molecule has 2 rings (SSSR count). The van der Waals surface area contributed by atoms with Gasteiger partial charge in [-0.15, -0.1) is 0 Å². The van der Waals surface area contributed by atoms with Crippen LogP contribution in [0.2, 0.25) is 0 Å². The van der Waals surface area contributed by atoms with Gasteiger partial charge in [0.2, 0.25) is 11.7 Å². The van der Waals surface area contributed by atoms with Crippen molar-refractivity contribution in [2.75, 3.05) is 11.9 Å². The fraction of sp³-hybridized carbons (Fsp3) is 0.263. The number of rotatable bonds is 5. The maximum Gasteiger partial charge on any atom is 0.408 e. The Morgan fingerprint density at radius 2 is 1.89 bits per heavy atom. The Morgan fingerprint density at radius 1 is 1.15 bits per heavy atom. The van der Waals surface area contributed by atoms with Crippen LogP contribution in [0.5, 0.6) is 0 Å². The number of benzene rings is 1. The van der Waals surface area contributed by atoms with Gasteiger partial charge in [-0.25, -0.2) is 4.79 Å². The zero-order chi connectivity index (χ0) is 20.0. The van der Waals surface area contributed by atoms with Crippen molar-refractivity contribution in [1.29, 1.82) is 0 Å². The van der Waals surface area contributed by atoms with Gasteiger partial charge in [0.15, 0.2) is 0 Å². The summed E-state index contributed by atoms with van der Waals surface area (Å²) in [6, 6.07) is 9.93. The van der Waals surface area contributed by atoms with E-state index in [2.05, 4.69) is 31.5 Å². The van der Waals surface area contributed by atoms with Crippen molar-refractivity contribution in [2.24, 2.45) is 0 Å². The van der Waals surface area contributed by atoms with E-state index >= 15 is 0 Å². The lowest BCUT2D eigenvalue weighted by Crippen LogP contribution is -2.37. The highest BCUT2D eigenvalue weighted by Gasteiger charge is 2.19. The maximum absolute atomic E-state index is 12.7. The van der Waals surface area contributed by atoms with Crippen LogP contribution in [-0.2, 0) is 9.53 Å². The maximum atomic E-state index is 12.7. The number of anilines is 1. The fourth-order valence-electron chi connectivity index (χ4n) is 2.11. The van der Waals surface area contributed by atoms with E-state index in [4.69, 9.17) is 4.74 Å². The van der Waals surface area contributed by atoms with E-state index in [0.29, 0.717) is 10.2 Å². The minimum Gasteiger partial charge on any atom is -0.444 e. The molecule has 0 aliphatic rings. The second-order valence-electron chi connectivity index (χ2n) is 6.64. The summed E-state index contributed by atoms with van der Waals surface area (Å²) in [5.74, 6) is -0.814. The number of ether oxygens (including phenoxy) is 1. The van der Waals surface area contributed by atoms with Crippen LogP contribution in [0.25, 0.3) is 0 Å². The van der Waals surface area contributed by atoms with Crippen LogP contribution in [0, 0.1) is 0 Å². The highest BCUT2D eigenvalue weighted by Crippen LogP contribution is 2.23. The Balaban J connectivity index is 2.09. The third kappa shape index (κ3) is 6.49. The van der Waals surface area contributed by atoms with Crippen LogP contribution in [0.1, 0.15) is 36.8 Å². The summed E-state index contributed by atoms with van der Waals surface area (Å²) in [5.41, 5.74) is 0.214. The molecule has 2 N–H and O–H groups in total. The summed E-state index contributed by atoms with van der Waals surface area (Å²) >= 11 is 3.32. The highest BCUT2D eigenvalue weighted by molar-refractivity contribution is 9.10. The second-order valence-corrected chi connectivity index (χ2v) is 7.55. The molecule has 1 aromatic carbocycles. The van der Waals surface area contributed by atoms with Gasteiger partial charge in [0, 0.05) is 16.2 Å². The fourth-order valence-corrected chi connectivity index (χ4v) is 2.47. The Bertz CT molecular complexity index is 848. The van der Waals surface area contributed by atoms with Crippen molar-refractivity contribution in [3.8, 4) is 0 Å². The number of carbonyl (C=O) groups excluding carboxylic acids is 3. The van der Waals surface area contributed by atoms with Crippen LogP contribution in [-0.4, -0.2) is 34.9 Å². The number of amides is 2. The molecule has 8 heteroatoms. The van der Waals surface area contributed by atoms with Crippen molar-refractivity contribution in [3.05, 3.63) is 58.3 Å². The van der Waals surface area contributed by atoms with Crippen molar-refractivity contribution in [3.63, 3.8) is 0 Å². The van der Waals surface area contributed by atoms with Gasteiger partial charge in [-0.05, 0) is 51.1 Å². The lowest BCUT2D eigenvalue weighted by atomic mass is 10.1.